The molecule has 0 bridgehead atoms. The van der Waals surface area contributed by atoms with Gasteiger partial charge in [-0.2, -0.15) is 15.3 Å². The van der Waals surface area contributed by atoms with E-state index < -0.39 is 0 Å². The highest BCUT2D eigenvalue weighted by atomic mass is 15.2. The first-order valence-corrected chi connectivity index (χ1v) is 6.67. The predicted molar refractivity (Wildman–Crippen MR) is 74.6 cm³/mol. The smallest absolute Gasteiger partial charge is 0.0676 e. The van der Waals surface area contributed by atoms with Crippen molar-refractivity contribution in [2.45, 2.75) is 39.2 Å². The van der Waals surface area contributed by atoms with Gasteiger partial charge in [-0.3, -0.25) is 4.68 Å². The fourth-order valence-electron chi connectivity index (χ4n) is 2.24. The van der Waals surface area contributed by atoms with Gasteiger partial charge < -0.3 is 5.73 Å². The highest BCUT2D eigenvalue weighted by Gasteiger charge is 2.13. The van der Waals surface area contributed by atoms with Gasteiger partial charge in [0, 0.05) is 25.0 Å². The molecule has 2 N–H and O–H groups in total. The Hall–Kier alpha value is -1.75. The fourth-order valence-corrected chi connectivity index (χ4v) is 2.24. The maximum Gasteiger partial charge on any atom is 0.0676 e. The Morgan fingerprint density at radius 1 is 1.37 bits per heavy atom. The zero-order valence-corrected chi connectivity index (χ0v) is 11.8. The molecule has 2 aromatic rings. The minimum Gasteiger partial charge on any atom is -0.324 e. The molecule has 19 heavy (non-hydrogen) atoms. The van der Waals surface area contributed by atoms with E-state index >= 15 is 0 Å². The van der Waals surface area contributed by atoms with Crippen LogP contribution in [0.3, 0.4) is 0 Å². The molecule has 0 aliphatic carbocycles. The molecule has 1 atom stereocenters. The number of hydrogen-bond donors (Lipinski definition) is 1. The van der Waals surface area contributed by atoms with E-state index in [-0.39, 0.29) is 6.04 Å². The average molecular weight is 259 g/mol. The summed E-state index contributed by atoms with van der Waals surface area (Å²) in [5, 5.41) is 12.5. The molecule has 0 amide bonds. The molecule has 5 heteroatoms. The minimum atomic E-state index is -0.000880. The number of hydrogen-bond acceptors (Lipinski definition) is 4. The molecule has 0 saturated carbocycles. The van der Waals surface area contributed by atoms with Gasteiger partial charge in [-0.25, -0.2) is 0 Å². The van der Waals surface area contributed by atoms with Crippen LogP contribution < -0.4 is 5.73 Å². The lowest BCUT2D eigenvalue weighted by Crippen LogP contribution is -2.16. The highest BCUT2D eigenvalue weighted by Crippen LogP contribution is 2.20. The summed E-state index contributed by atoms with van der Waals surface area (Å²) in [6.07, 6.45) is 4.48. The van der Waals surface area contributed by atoms with Crippen LogP contribution in [0.1, 0.15) is 42.0 Å². The van der Waals surface area contributed by atoms with Gasteiger partial charge >= 0.3 is 0 Å². The molecule has 2 aromatic heterocycles. The zero-order chi connectivity index (χ0) is 13.8. The summed E-state index contributed by atoms with van der Waals surface area (Å²) in [6.45, 7) is 4.03. The topological polar surface area (TPSA) is 69.6 Å². The number of rotatable bonds is 5. The lowest BCUT2D eigenvalue weighted by atomic mass is 9.99. The van der Waals surface area contributed by atoms with Gasteiger partial charge in [0.1, 0.15) is 0 Å². The number of nitrogens with two attached hydrogens (primary N) is 1. The molecule has 0 saturated heterocycles. The van der Waals surface area contributed by atoms with Crippen molar-refractivity contribution >= 4 is 0 Å². The molecule has 0 fully saturated rings. The van der Waals surface area contributed by atoms with Crippen LogP contribution in [0.2, 0.25) is 0 Å². The summed E-state index contributed by atoms with van der Waals surface area (Å²) in [5.74, 6) is 0. The maximum atomic E-state index is 6.31. The van der Waals surface area contributed by atoms with Crippen molar-refractivity contribution in [3.8, 4) is 0 Å². The van der Waals surface area contributed by atoms with E-state index in [1.54, 1.807) is 0 Å². The molecule has 0 aliphatic rings. The van der Waals surface area contributed by atoms with Gasteiger partial charge in [-0.05, 0) is 43.9 Å². The second-order valence-corrected chi connectivity index (χ2v) is 4.83. The summed E-state index contributed by atoms with van der Waals surface area (Å²) in [7, 11) is 1.95. The summed E-state index contributed by atoms with van der Waals surface area (Å²) >= 11 is 0. The van der Waals surface area contributed by atoms with Crippen LogP contribution in [0, 0.1) is 6.92 Å². The summed E-state index contributed by atoms with van der Waals surface area (Å²) < 4.78 is 1.89. The number of aryl methyl sites for hydroxylation is 4. The normalized spacial score (nSPS) is 12.6. The standard InChI is InChI=1S/C14H21N5/c1-4-14-12(9-10(2)17-18-14)13(15)6-5-11-7-8-16-19(11)3/h7-9,13H,4-6,15H2,1-3H3. The van der Waals surface area contributed by atoms with Crippen molar-refractivity contribution < 1.29 is 0 Å². The van der Waals surface area contributed by atoms with Crippen LogP contribution in [0.15, 0.2) is 18.3 Å². The molecule has 2 heterocycles. The van der Waals surface area contributed by atoms with E-state index in [1.807, 2.05) is 30.9 Å². The van der Waals surface area contributed by atoms with Crippen molar-refractivity contribution in [1.29, 1.82) is 0 Å². The second kappa shape index (κ2) is 5.93. The first-order valence-electron chi connectivity index (χ1n) is 6.67. The predicted octanol–water partition coefficient (Wildman–Crippen LogP) is 1.71. The highest BCUT2D eigenvalue weighted by molar-refractivity contribution is 5.24. The minimum absolute atomic E-state index is 0.000880. The van der Waals surface area contributed by atoms with Crippen LogP contribution in [-0.4, -0.2) is 20.0 Å². The van der Waals surface area contributed by atoms with E-state index in [2.05, 4.69) is 28.3 Å². The zero-order valence-electron chi connectivity index (χ0n) is 11.8. The van der Waals surface area contributed by atoms with Crippen molar-refractivity contribution in [1.82, 2.24) is 20.0 Å². The van der Waals surface area contributed by atoms with Crippen LogP contribution in [0.25, 0.3) is 0 Å². The monoisotopic (exact) mass is 259 g/mol. The Labute approximate surface area is 113 Å². The second-order valence-electron chi connectivity index (χ2n) is 4.83. The molecule has 0 radical (unpaired) electrons. The van der Waals surface area contributed by atoms with Crippen LogP contribution in [0.5, 0.6) is 0 Å². The molecular formula is C14H21N5. The van der Waals surface area contributed by atoms with E-state index in [4.69, 9.17) is 5.73 Å². The van der Waals surface area contributed by atoms with E-state index in [0.29, 0.717) is 0 Å². The summed E-state index contributed by atoms with van der Waals surface area (Å²) in [4.78, 5) is 0. The Balaban J connectivity index is 2.09. The molecule has 0 spiro atoms. The van der Waals surface area contributed by atoms with Gasteiger partial charge in [0.2, 0.25) is 0 Å². The van der Waals surface area contributed by atoms with Crippen LogP contribution >= 0.6 is 0 Å². The average Bonchev–Trinajstić information content (AvgIpc) is 2.81. The van der Waals surface area contributed by atoms with Crippen molar-refractivity contribution in [3.63, 3.8) is 0 Å². The van der Waals surface area contributed by atoms with Gasteiger partial charge in [0.05, 0.1) is 11.4 Å². The van der Waals surface area contributed by atoms with Crippen molar-refractivity contribution in [2.75, 3.05) is 0 Å². The van der Waals surface area contributed by atoms with Crippen molar-refractivity contribution in [2.24, 2.45) is 12.8 Å². The molecule has 0 aliphatic heterocycles. The van der Waals surface area contributed by atoms with Gasteiger partial charge in [-0.1, -0.05) is 6.92 Å². The Kier molecular flexibility index (Phi) is 4.27. The van der Waals surface area contributed by atoms with E-state index in [1.165, 1.54) is 5.69 Å². The third-order valence-corrected chi connectivity index (χ3v) is 3.39. The largest absolute Gasteiger partial charge is 0.324 e. The molecule has 2 rings (SSSR count). The van der Waals surface area contributed by atoms with Gasteiger partial charge in [0.25, 0.3) is 0 Å². The first kappa shape index (κ1) is 13.7. The Bertz CT molecular complexity index is 547. The summed E-state index contributed by atoms with van der Waals surface area (Å²) in [6, 6.07) is 4.09. The molecule has 1 unspecified atom stereocenters. The molecule has 0 aromatic carbocycles. The van der Waals surface area contributed by atoms with Crippen LogP contribution in [-0.2, 0) is 19.9 Å². The first-order chi connectivity index (χ1) is 9.11. The summed E-state index contributed by atoms with van der Waals surface area (Å²) in [5.41, 5.74) is 10.6. The molecule has 5 nitrogen and oxygen atoms in total. The maximum absolute atomic E-state index is 6.31. The molecule has 102 valence electrons. The molecular weight excluding hydrogens is 238 g/mol. The van der Waals surface area contributed by atoms with Crippen molar-refractivity contribution in [3.05, 3.63) is 41.0 Å². The third-order valence-electron chi connectivity index (χ3n) is 3.39. The van der Waals surface area contributed by atoms with E-state index in [9.17, 15) is 0 Å². The van der Waals surface area contributed by atoms with Crippen LogP contribution in [0.4, 0.5) is 0 Å². The van der Waals surface area contributed by atoms with E-state index in [0.717, 1.165) is 36.2 Å². The van der Waals surface area contributed by atoms with Gasteiger partial charge in [0.15, 0.2) is 0 Å². The SMILES string of the molecule is CCc1nnc(C)cc1C(N)CCc1ccnn1C. The third kappa shape index (κ3) is 3.17. The number of aromatic nitrogens is 4. The fraction of sp³-hybridized carbons (Fsp3) is 0.500. The quantitative estimate of drug-likeness (QED) is 0.887. The number of nitrogens with zero attached hydrogens (tertiary/aromatic N) is 4. The Morgan fingerprint density at radius 3 is 2.79 bits per heavy atom. The van der Waals surface area contributed by atoms with Gasteiger partial charge in [-0.15, -0.1) is 0 Å². The Morgan fingerprint density at radius 2 is 2.16 bits per heavy atom. The lowest BCUT2D eigenvalue weighted by molar-refractivity contribution is 0.603. The lowest BCUT2D eigenvalue weighted by Gasteiger charge is -2.15.